The number of hydrogen-bond donors (Lipinski definition) is 1. The number of anilines is 1. The van der Waals surface area contributed by atoms with Crippen LogP contribution in [0.1, 0.15) is 15.9 Å². The van der Waals surface area contributed by atoms with Gasteiger partial charge in [-0.2, -0.15) is 5.10 Å². The number of aromatic nitrogens is 2. The first-order valence-corrected chi connectivity index (χ1v) is 7.83. The Hall–Kier alpha value is -3.41. The number of carbonyl (C=O) groups is 2. The zero-order valence-electron chi connectivity index (χ0n) is 13.7. The largest absolute Gasteiger partial charge is 0.398 e. The number of fused-ring (bicyclic) bond motifs is 2. The summed E-state index contributed by atoms with van der Waals surface area (Å²) in [6, 6.07) is 9.60. The van der Waals surface area contributed by atoms with Crippen LogP contribution in [0.4, 0.5) is 5.69 Å². The molecule has 0 saturated carbocycles. The van der Waals surface area contributed by atoms with E-state index in [-0.39, 0.29) is 12.5 Å². The van der Waals surface area contributed by atoms with E-state index in [0.717, 1.165) is 33.7 Å². The molecule has 0 saturated heterocycles. The number of benzene rings is 2. The SMILES string of the molecule is C=CC(=O)N1Cc2c(-c3ccc4cnn(C)c4c3)ccc(N)c2C1=O. The van der Waals surface area contributed by atoms with E-state index >= 15 is 0 Å². The van der Waals surface area contributed by atoms with Crippen molar-refractivity contribution in [3.05, 3.63) is 60.3 Å². The number of amides is 2. The van der Waals surface area contributed by atoms with Crippen LogP contribution >= 0.6 is 0 Å². The molecule has 2 N–H and O–H groups in total. The molecule has 6 nitrogen and oxygen atoms in total. The van der Waals surface area contributed by atoms with Crippen LogP contribution in [-0.4, -0.2) is 26.5 Å². The molecule has 4 rings (SSSR count). The second-order valence-electron chi connectivity index (χ2n) is 6.03. The second kappa shape index (κ2) is 5.31. The lowest BCUT2D eigenvalue weighted by molar-refractivity contribution is -0.123. The van der Waals surface area contributed by atoms with E-state index in [1.807, 2.05) is 31.3 Å². The third kappa shape index (κ3) is 2.15. The number of hydrogen-bond acceptors (Lipinski definition) is 4. The van der Waals surface area contributed by atoms with E-state index in [9.17, 15) is 9.59 Å². The van der Waals surface area contributed by atoms with Gasteiger partial charge in [0.05, 0.1) is 23.8 Å². The lowest BCUT2D eigenvalue weighted by Crippen LogP contribution is -2.29. The number of nitrogen functional groups attached to an aromatic ring is 1. The van der Waals surface area contributed by atoms with Crippen LogP contribution in [0.2, 0.25) is 0 Å². The summed E-state index contributed by atoms with van der Waals surface area (Å²) in [5.74, 6) is -0.797. The Balaban J connectivity index is 1.90. The molecule has 0 atom stereocenters. The molecule has 1 aliphatic heterocycles. The van der Waals surface area contributed by atoms with Crippen molar-refractivity contribution in [1.29, 1.82) is 0 Å². The number of aryl methyl sites for hydroxylation is 1. The molecule has 0 unspecified atom stereocenters. The molecule has 0 radical (unpaired) electrons. The fourth-order valence-corrected chi connectivity index (χ4v) is 3.32. The van der Waals surface area contributed by atoms with E-state index in [1.54, 1.807) is 16.9 Å². The lowest BCUT2D eigenvalue weighted by Gasteiger charge is -2.11. The summed E-state index contributed by atoms with van der Waals surface area (Å²) < 4.78 is 1.80. The average molecular weight is 332 g/mol. The minimum atomic E-state index is -0.423. The fourth-order valence-electron chi connectivity index (χ4n) is 3.32. The Bertz CT molecular complexity index is 1060. The molecule has 0 aliphatic carbocycles. The quantitative estimate of drug-likeness (QED) is 0.577. The topological polar surface area (TPSA) is 81.2 Å². The molecule has 25 heavy (non-hydrogen) atoms. The van der Waals surface area contributed by atoms with Gasteiger partial charge in [-0.15, -0.1) is 0 Å². The first kappa shape index (κ1) is 15.1. The van der Waals surface area contributed by atoms with Gasteiger partial charge < -0.3 is 5.73 Å². The maximum Gasteiger partial charge on any atom is 0.263 e. The zero-order valence-corrected chi connectivity index (χ0v) is 13.7. The predicted molar refractivity (Wildman–Crippen MR) is 95.6 cm³/mol. The second-order valence-corrected chi connectivity index (χ2v) is 6.03. The van der Waals surface area contributed by atoms with Gasteiger partial charge in [-0.1, -0.05) is 24.8 Å². The molecule has 2 aromatic carbocycles. The molecule has 124 valence electrons. The molecule has 0 bridgehead atoms. The van der Waals surface area contributed by atoms with Crippen molar-refractivity contribution in [2.45, 2.75) is 6.54 Å². The highest BCUT2D eigenvalue weighted by Crippen LogP contribution is 2.37. The molecule has 2 amide bonds. The van der Waals surface area contributed by atoms with Gasteiger partial charge in [0, 0.05) is 18.1 Å². The third-order valence-corrected chi connectivity index (χ3v) is 4.62. The number of nitrogens with zero attached hydrogens (tertiary/aromatic N) is 3. The summed E-state index contributed by atoms with van der Waals surface area (Å²) in [6.07, 6.45) is 2.95. The first-order chi connectivity index (χ1) is 12.0. The number of nitrogens with two attached hydrogens (primary N) is 1. The molecule has 0 spiro atoms. The van der Waals surface area contributed by atoms with E-state index < -0.39 is 5.91 Å². The smallest absolute Gasteiger partial charge is 0.263 e. The van der Waals surface area contributed by atoms with Crippen molar-refractivity contribution in [3.8, 4) is 11.1 Å². The maximum atomic E-state index is 12.6. The van der Waals surface area contributed by atoms with Crippen LogP contribution in [0.5, 0.6) is 0 Å². The third-order valence-electron chi connectivity index (χ3n) is 4.62. The van der Waals surface area contributed by atoms with Crippen LogP contribution in [-0.2, 0) is 18.4 Å². The number of rotatable bonds is 2. The molecule has 6 heteroatoms. The summed E-state index contributed by atoms with van der Waals surface area (Å²) in [5, 5.41) is 5.29. The van der Waals surface area contributed by atoms with Gasteiger partial charge >= 0.3 is 0 Å². The van der Waals surface area contributed by atoms with Crippen LogP contribution < -0.4 is 5.73 Å². The van der Waals surface area contributed by atoms with Gasteiger partial charge in [0.2, 0.25) is 0 Å². The van der Waals surface area contributed by atoms with E-state index in [1.165, 1.54) is 4.90 Å². The van der Waals surface area contributed by atoms with Crippen molar-refractivity contribution in [2.75, 3.05) is 5.73 Å². The van der Waals surface area contributed by atoms with E-state index in [2.05, 4.69) is 11.7 Å². The lowest BCUT2D eigenvalue weighted by atomic mass is 9.95. The fraction of sp³-hybridized carbons (Fsp3) is 0.105. The minimum absolute atomic E-state index is 0.197. The highest BCUT2D eigenvalue weighted by atomic mass is 16.2. The Morgan fingerprint density at radius 1 is 1.32 bits per heavy atom. The van der Waals surface area contributed by atoms with Crippen LogP contribution in [0, 0.1) is 0 Å². The molecular weight excluding hydrogens is 316 g/mol. The molecular formula is C19H16N4O2. The van der Waals surface area contributed by atoms with Crippen LogP contribution in [0.15, 0.2) is 49.2 Å². The van der Waals surface area contributed by atoms with Gasteiger partial charge in [0.25, 0.3) is 11.8 Å². The molecule has 1 aliphatic rings. The van der Waals surface area contributed by atoms with Crippen LogP contribution in [0.25, 0.3) is 22.0 Å². The summed E-state index contributed by atoms with van der Waals surface area (Å²) in [5.41, 5.74) is 10.4. The van der Waals surface area contributed by atoms with Gasteiger partial charge in [-0.3, -0.25) is 19.2 Å². The van der Waals surface area contributed by atoms with Gasteiger partial charge in [0.1, 0.15) is 0 Å². The van der Waals surface area contributed by atoms with Crippen molar-refractivity contribution in [1.82, 2.24) is 14.7 Å². The van der Waals surface area contributed by atoms with Crippen LogP contribution in [0.3, 0.4) is 0 Å². The van der Waals surface area contributed by atoms with Gasteiger partial charge in [-0.25, -0.2) is 0 Å². The minimum Gasteiger partial charge on any atom is -0.398 e. The predicted octanol–water partition coefficient (Wildman–Crippen LogP) is 2.49. The Morgan fingerprint density at radius 2 is 2.12 bits per heavy atom. The monoisotopic (exact) mass is 332 g/mol. The summed E-state index contributed by atoms with van der Waals surface area (Å²) in [7, 11) is 1.88. The average Bonchev–Trinajstić information content (AvgIpc) is 3.16. The Morgan fingerprint density at radius 3 is 2.88 bits per heavy atom. The van der Waals surface area contributed by atoms with E-state index in [4.69, 9.17) is 5.73 Å². The van der Waals surface area contributed by atoms with Crippen molar-refractivity contribution in [2.24, 2.45) is 7.05 Å². The Kier molecular flexibility index (Phi) is 3.21. The van der Waals surface area contributed by atoms with Gasteiger partial charge in [-0.05, 0) is 34.9 Å². The van der Waals surface area contributed by atoms with Crippen molar-refractivity contribution < 1.29 is 9.59 Å². The normalized spacial score (nSPS) is 13.3. The highest BCUT2D eigenvalue weighted by molar-refractivity contribution is 6.14. The molecule has 3 aromatic rings. The maximum absolute atomic E-state index is 12.6. The van der Waals surface area contributed by atoms with E-state index in [0.29, 0.717) is 11.3 Å². The number of carbonyl (C=O) groups excluding carboxylic acids is 2. The summed E-state index contributed by atoms with van der Waals surface area (Å²) >= 11 is 0. The Labute approximate surface area is 144 Å². The van der Waals surface area contributed by atoms with Crippen molar-refractivity contribution >= 4 is 28.4 Å². The standard InChI is InChI=1S/C19H16N4O2/c1-3-17(24)23-10-14-13(6-7-15(20)18(14)19(23)25)11-4-5-12-9-21-22(2)16(12)8-11/h3-9H,1,10,20H2,2H3. The first-order valence-electron chi connectivity index (χ1n) is 7.83. The zero-order chi connectivity index (χ0) is 17.7. The summed E-state index contributed by atoms with van der Waals surface area (Å²) in [4.78, 5) is 25.7. The molecule has 2 heterocycles. The number of imide groups is 1. The highest BCUT2D eigenvalue weighted by Gasteiger charge is 2.34. The van der Waals surface area contributed by atoms with Gasteiger partial charge in [0.15, 0.2) is 0 Å². The molecule has 0 fully saturated rings. The van der Waals surface area contributed by atoms with Crippen molar-refractivity contribution in [3.63, 3.8) is 0 Å². The summed E-state index contributed by atoms with van der Waals surface area (Å²) in [6.45, 7) is 3.66. The molecule has 1 aromatic heterocycles.